The van der Waals surface area contributed by atoms with Gasteiger partial charge in [-0.25, -0.2) is 14.4 Å². The zero-order valence-corrected chi connectivity index (χ0v) is 11.6. The molecule has 0 atom stereocenters. The number of anilines is 1. The van der Waals surface area contributed by atoms with E-state index in [2.05, 4.69) is 15.1 Å². The fourth-order valence-corrected chi connectivity index (χ4v) is 2.65. The van der Waals surface area contributed by atoms with Gasteiger partial charge in [-0.05, 0) is 12.1 Å². The van der Waals surface area contributed by atoms with Gasteiger partial charge in [0.2, 0.25) is 0 Å². The van der Waals surface area contributed by atoms with Gasteiger partial charge in [0.1, 0.15) is 17.5 Å². The lowest BCUT2D eigenvalue weighted by atomic mass is 10.3. The molecule has 0 saturated heterocycles. The van der Waals surface area contributed by atoms with Gasteiger partial charge in [-0.2, -0.15) is 5.10 Å². The van der Waals surface area contributed by atoms with Crippen LogP contribution in [0.4, 0.5) is 10.2 Å². The molecular weight excluding hydrogens is 277 g/mol. The zero-order valence-electron chi connectivity index (χ0n) is 10.7. The molecule has 2 heterocycles. The number of rotatable bonds is 3. The summed E-state index contributed by atoms with van der Waals surface area (Å²) in [6, 6.07) is 6.62. The number of thioether (sulfide) groups is 1. The highest BCUT2D eigenvalue weighted by molar-refractivity contribution is 7.98. The van der Waals surface area contributed by atoms with Gasteiger partial charge in [-0.15, -0.1) is 11.8 Å². The Balaban J connectivity index is 1.88. The van der Waals surface area contributed by atoms with Crippen LogP contribution in [-0.2, 0) is 12.8 Å². The van der Waals surface area contributed by atoms with Crippen LogP contribution in [0.1, 0.15) is 5.82 Å². The van der Waals surface area contributed by atoms with Crippen LogP contribution < -0.4 is 5.73 Å². The molecular formula is C13H12FN5S. The first kappa shape index (κ1) is 12.9. The average molecular weight is 289 g/mol. The minimum Gasteiger partial charge on any atom is -0.383 e. The third kappa shape index (κ3) is 2.32. The van der Waals surface area contributed by atoms with Crippen LogP contribution in [0.3, 0.4) is 0 Å². The second-order valence-electron chi connectivity index (χ2n) is 4.25. The van der Waals surface area contributed by atoms with Crippen LogP contribution in [0.15, 0.2) is 35.4 Å². The first-order valence-electron chi connectivity index (χ1n) is 5.96. The summed E-state index contributed by atoms with van der Waals surface area (Å²) in [5, 5.41) is 4.83. The molecule has 0 bridgehead atoms. The van der Waals surface area contributed by atoms with Crippen molar-refractivity contribution < 1.29 is 4.39 Å². The van der Waals surface area contributed by atoms with Crippen LogP contribution in [0.5, 0.6) is 0 Å². The lowest BCUT2D eigenvalue weighted by Crippen LogP contribution is -2.01. The Labute approximate surface area is 119 Å². The van der Waals surface area contributed by atoms with Crippen LogP contribution in [0.2, 0.25) is 0 Å². The van der Waals surface area contributed by atoms with Gasteiger partial charge in [-0.3, -0.25) is 4.68 Å². The van der Waals surface area contributed by atoms with E-state index in [1.807, 2.05) is 0 Å². The number of hydrogen-bond acceptors (Lipinski definition) is 5. The number of fused-ring (bicyclic) bond motifs is 1. The summed E-state index contributed by atoms with van der Waals surface area (Å²) in [5.74, 6) is 1.16. The molecule has 0 saturated carbocycles. The number of halogens is 1. The molecule has 0 aliphatic heterocycles. The van der Waals surface area contributed by atoms with E-state index in [0.717, 1.165) is 5.39 Å². The molecule has 0 radical (unpaired) electrons. The van der Waals surface area contributed by atoms with Crippen LogP contribution in [-0.4, -0.2) is 19.7 Å². The summed E-state index contributed by atoms with van der Waals surface area (Å²) in [5.41, 5.74) is 6.56. The Morgan fingerprint density at radius 3 is 2.90 bits per heavy atom. The number of aromatic nitrogens is 4. The van der Waals surface area contributed by atoms with Crippen molar-refractivity contribution in [1.82, 2.24) is 19.7 Å². The smallest absolute Gasteiger partial charge is 0.163 e. The molecule has 102 valence electrons. The largest absolute Gasteiger partial charge is 0.383 e. The van der Waals surface area contributed by atoms with Crippen molar-refractivity contribution in [3.8, 4) is 0 Å². The monoisotopic (exact) mass is 289 g/mol. The van der Waals surface area contributed by atoms with Crippen molar-refractivity contribution in [2.24, 2.45) is 7.05 Å². The molecule has 5 nitrogen and oxygen atoms in total. The minimum atomic E-state index is -0.243. The van der Waals surface area contributed by atoms with E-state index >= 15 is 0 Å². The Morgan fingerprint density at radius 1 is 1.30 bits per heavy atom. The van der Waals surface area contributed by atoms with Crippen molar-refractivity contribution >= 4 is 28.6 Å². The van der Waals surface area contributed by atoms with E-state index in [1.54, 1.807) is 36.1 Å². The minimum absolute atomic E-state index is 0.243. The summed E-state index contributed by atoms with van der Waals surface area (Å²) < 4.78 is 15.2. The summed E-state index contributed by atoms with van der Waals surface area (Å²) >= 11 is 1.34. The number of hydrogen-bond donors (Lipinski definition) is 1. The molecule has 3 aromatic rings. The topological polar surface area (TPSA) is 69.6 Å². The molecule has 20 heavy (non-hydrogen) atoms. The van der Waals surface area contributed by atoms with Gasteiger partial charge in [-0.1, -0.05) is 12.1 Å². The molecule has 2 N–H and O–H groups in total. The molecule has 2 aromatic heterocycles. The maximum atomic E-state index is 13.5. The van der Waals surface area contributed by atoms with Gasteiger partial charge >= 0.3 is 0 Å². The van der Waals surface area contributed by atoms with Gasteiger partial charge in [0.25, 0.3) is 0 Å². The number of aryl methyl sites for hydroxylation is 1. The number of benzene rings is 1. The summed E-state index contributed by atoms with van der Waals surface area (Å²) in [7, 11) is 1.79. The van der Waals surface area contributed by atoms with Crippen LogP contribution in [0, 0.1) is 5.82 Å². The fraction of sp³-hybridized carbons (Fsp3) is 0.154. The third-order valence-corrected chi connectivity index (χ3v) is 3.91. The molecule has 0 unspecified atom stereocenters. The van der Waals surface area contributed by atoms with E-state index in [-0.39, 0.29) is 5.82 Å². The van der Waals surface area contributed by atoms with E-state index in [4.69, 9.17) is 5.73 Å². The lowest BCUT2D eigenvalue weighted by molar-refractivity contribution is 0.602. The van der Waals surface area contributed by atoms with E-state index < -0.39 is 0 Å². The molecule has 7 heteroatoms. The highest BCUT2D eigenvalue weighted by Crippen LogP contribution is 2.25. The number of nitrogen functional groups attached to an aromatic ring is 1. The van der Waals surface area contributed by atoms with Crippen LogP contribution in [0.25, 0.3) is 11.0 Å². The second-order valence-corrected chi connectivity index (χ2v) is 5.27. The highest BCUT2D eigenvalue weighted by Gasteiger charge is 2.10. The maximum absolute atomic E-state index is 13.5. The molecule has 0 aliphatic rings. The highest BCUT2D eigenvalue weighted by atomic mass is 32.2. The molecule has 0 fully saturated rings. The van der Waals surface area contributed by atoms with E-state index in [0.29, 0.717) is 27.9 Å². The Morgan fingerprint density at radius 2 is 2.10 bits per heavy atom. The predicted molar refractivity (Wildman–Crippen MR) is 76.7 cm³/mol. The van der Waals surface area contributed by atoms with Crippen molar-refractivity contribution in [2.75, 3.05) is 5.73 Å². The van der Waals surface area contributed by atoms with Crippen molar-refractivity contribution in [3.05, 3.63) is 42.1 Å². The normalized spacial score (nSPS) is 11.1. The standard InChI is InChI=1S/C13H12FN5S/c1-19-13-8(6-16-19)12(15)17-11(18-13)7-20-10-5-3-2-4-9(10)14/h2-6H,7H2,1H3,(H2,15,17,18). The fourth-order valence-electron chi connectivity index (χ4n) is 1.86. The Kier molecular flexibility index (Phi) is 3.27. The molecule has 3 rings (SSSR count). The summed E-state index contributed by atoms with van der Waals surface area (Å²) in [6.45, 7) is 0. The number of nitrogens with zero attached hydrogens (tertiary/aromatic N) is 4. The molecule has 0 spiro atoms. The van der Waals surface area contributed by atoms with Crippen LogP contribution >= 0.6 is 11.8 Å². The molecule has 1 aromatic carbocycles. The second kappa shape index (κ2) is 5.09. The van der Waals surface area contributed by atoms with Gasteiger partial charge in [0.05, 0.1) is 17.3 Å². The van der Waals surface area contributed by atoms with Crippen molar-refractivity contribution in [2.45, 2.75) is 10.6 Å². The SMILES string of the molecule is Cn1ncc2c(N)nc(CSc3ccccc3F)nc21. The third-order valence-electron chi connectivity index (χ3n) is 2.86. The zero-order chi connectivity index (χ0) is 14.1. The Bertz CT molecular complexity index is 771. The molecule has 0 amide bonds. The first-order valence-corrected chi connectivity index (χ1v) is 6.95. The van der Waals surface area contributed by atoms with Crippen molar-refractivity contribution in [1.29, 1.82) is 0 Å². The van der Waals surface area contributed by atoms with E-state index in [1.165, 1.54) is 17.8 Å². The molecule has 0 aliphatic carbocycles. The van der Waals surface area contributed by atoms with Gasteiger partial charge < -0.3 is 5.73 Å². The van der Waals surface area contributed by atoms with Gasteiger partial charge in [0.15, 0.2) is 5.65 Å². The summed E-state index contributed by atoms with van der Waals surface area (Å²) in [4.78, 5) is 9.21. The number of nitrogens with two attached hydrogens (primary N) is 1. The predicted octanol–water partition coefficient (Wildman–Crippen LogP) is 2.38. The van der Waals surface area contributed by atoms with Crippen molar-refractivity contribution in [3.63, 3.8) is 0 Å². The summed E-state index contributed by atoms with van der Waals surface area (Å²) in [6.07, 6.45) is 1.64. The first-order chi connectivity index (χ1) is 9.65. The van der Waals surface area contributed by atoms with E-state index in [9.17, 15) is 4.39 Å². The quantitative estimate of drug-likeness (QED) is 0.750. The lowest BCUT2D eigenvalue weighted by Gasteiger charge is -2.04. The Hall–Kier alpha value is -2.15. The maximum Gasteiger partial charge on any atom is 0.163 e. The average Bonchev–Trinajstić information content (AvgIpc) is 2.80. The van der Waals surface area contributed by atoms with Gasteiger partial charge in [0, 0.05) is 11.9 Å².